The molecule has 2 aromatic rings. The normalized spacial score (nSPS) is 12.7. The molecule has 1 atom stereocenters. The fourth-order valence-corrected chi connectivity index (χ4v) is 2.73. The second-order valence-corrected chi connectivity index (χ2v) is 5.28. The molecule has 0 radical (unpaired) electrons. The van der Waals surface area contributed by atoms with Gasteiger partial charge in [0, 0.05) is 4.88 Å². The van der Waals surface area contributed by atoms with Crippen molar-refractivity contribution in [3.05, 3.63) is 57.0 Å². The van der Waals surface area contributed by atoms with Crippen LogP contribution in [0.5, 0.6) is 0 Å². The maximum atomic E-state index is 13.6. The molecule has 0 aliphatic rings. The van der Waals surface area contributed by atoms with Crippen LogP contribution in [0.2, 0.25) is 0 Å². The number of hydrogen-bond acceptors (Lipinski definition) is 2. The summed E-state index contributed by atoms with van der Waals surface area (Å²) in [5, 5.41) is 5.32. The minimum absolute atomic E-state index is 0.0661. The summed E-state index contributed by atoms with van der Waals surface area (Å²) in [6.45, 7) is 3.87. The first-order valence-electron chi connectivity index (χ1n) is 5.60. The Balaban J connectivity index is 2.42. The van der Waals surface area contributed by atoms with Crippen molar-refractivity contribution in [3.8, 4) is 0 Å². The van der Waals surface area contributed by atoms with Crippen LogP contribution in [0.4, 0.5) is 4.39 Å². The van der Waals surface area contributed by atoms with Gasteiger partial charge >= 0.3 is 0 Å². The van der Waals surface area contributed by atoms with Gasteiger partial charge in [-0.05, 0) is 55.1 Å². The SMILES string of the molecule is CNC(c1ccc(C)c(F)c1)c1ccsc1C. The molecule has 1 N–H and O–H groups in total. The fourth-order valence-electron chi connectivity index (χ4n) is 1.98. The average molecular weight is 249 g/mol. The first-order valence-corrected chi connectivity index (χ1v) is 6.48. The summed E-state index contributed by atoms with van der Waals surface area (Å²) < 4.78 is 13.6. The second kappa shape index (κ2) is 4.98. The third-order valence-electron chi connectivity index (χ3n) is 3.03. The van der Waals surface area contributed by atoms with E-state index in [0.717, 1.165) is 5.56 Å². The summed E-state index contributed by atoms with van der Waals surface area (Å²) >= 11 is 1.72. The summed E-state index contributed by atoms with van der Waals surface area (Å²) in [4.78, 5) is 1.27. The molecule has 1 nitrogen and oxygen atoms in total. The second-order valence-electron chi connectivity index (χ2n) is 4.16. The quantitative estimate of drug-likeness (QED) is 0.872. The van der Waals surface area contributed by atoms with Gasteiger partial charge in [0.2, 0.25) is 0 Å². The van der Waals surface area contributed by atoms with Crippen LogP contribution in [0.15, 0.2) is 29.6 Å². The molecule has 0 spiro atoms. The van der Waals surface area contributed by atoms with Crippen LogP contribution >= 0.6 is 11.3 Å². The van der Waals surface area contributed by atoms with E-state index in [1.807, 2.05) is 19.2 Å². The van der Waals surface area contributed by atoms with E-state index in [4.69, 9.17) is 0 Å². The first kappa shape index (κ1) is 12.3. The van der Waals surface area contributed by atoms with Gasteiger partial charge < -0.3 is 5.32 Å². The number of hydrogen-bond donors (Lipinski definition) is 1. The maximum absolute atomic E-state index is 13.6. The lowest BCUT2D eigenvalue weighted by atomic mass is 9.98. The molecule has 0 aliphatic heterocycles. The van der Waals surface area contributed by atoms with Crippen molar-refractivity contribution < 1.29 is 4.39 Å². The number of aryl methyl sites for hydroxylation is 2. The van der Waals surface area contributed by atoms with Crippen molar-refractivity contribution in [1.82, 2.24) is 5.32 Å². The van der Waals surface area contributed by atoms with Crippen LogP contribution < -0.4 is 5.32 Å². The predicted octanol–water partition coefficient (Wildman–Crippen LogP) is 3.81. The van der Waals surface area contributed by atoms with Crippen LogP contribution in [0.1, 0.15) is 27.6 Å². The molecule has 1 aromatic carbocycles. The molecule has 17 heavy (non-hydrogen) atoms. The number of nitrogens with one attached hydrogen (secondary N) is 1. The number of rotatable bonds is 3. The minimum Gasteiger partial charge on any atom is -0.309 e. The van der Waals surface area contributed by atoms with Gasteiger partial charge in [0.1, 0.15) is 5.82 Å². The highest BCUT2D eigenvalue weighted by molar-refractivity contribution is 7.10. The smallest absolute Gasteiger partial charge is 0.126 e. The molecule has 90 valence electrons. The Kier molecular flexibility index (Phi) is 3.60. The molecule has 1 aromatic heterocycles. The van der Waals surface area contributed by atoms with Crippen LogP contribution in [-0.2, 0) is 0 Å². The highest BCUT2D eigenvalue weighted by Gasteiger charge is 2.15. The molecular weight excluding hydrogens is 233 g/mol. The summed E-state index contributed by atoms with van der Waals surface area (Å²) in [5.41, 5.74) is 2.88. The molecule has 0 saturated carbocycles. The van der Waals surface area contributed by atoms with Crippen molar-refractivity contribution in [3.63, 3.8) is 0 Å². The lowest BCUT2D eigenvalue weighted by Crippen LogP contribution is -2.18. The van der Waals surface area contributed by atoms with E-state index in [1.54, 1.807) is 24.3 Å². The molecule has 2 rings (SSSR count). The minimum atomic E-state index is -0.143. The Bertz CT molecular complexity index is 519. The van der Waals surface area contributed by atoms with Crippen molar-refractivity contribution in [1.29, 1.82) is 0 Å². The summed E-state index contributed by atoms with van der Waals surface area (Å²) in [7, 11) is 1.90. The summed E-state index contributed by atoms with van der Waals surface area (Å²) in [5.74, 6) is -0.143. The van der Waals surface area contributed by atoms with Gasteiger partial charge in [0.25, 0.3) is 0 Å². The molecule has 3 heteroatoms. The molecule has 0 aliphatic carbocycles. The van der Waals surface area contributed by atoms with Gasteiger partial charge in [-0.2, -0.15) is 0 Å². The number of benzene rings is 1. The van der Waals surface area contributed by atoms with E-state index in [1.165, 1.54) is 10.4 Å². The van der Waals surface area contributed by atoms with E-state index in [9.17, 15) is 4.39 Å². The van der Waals surface area contributed by atoms with Crippen molar-refractivity contribution >= 4 is 11.3 Å². The Labute approximate surface area is 105 Å². The summed E-state index contributed by atoms with van der Waals surface area (Å²) in [6, 6.07) is 7.59. The Morgan fingerprint density at radius 3 is 2.53 bits per heavy atom. The van der Waals surface area contributed by atoms with E-state index in [2.05, 4.69) is 23.7 Å². The summed E-state index contributed by atoms with van der Waals surface area (Å²) in [6.07, 6.45) is 0. The zero-order chi connectivity index (χ0) is 12.4. The molecule has 1 unspecified atom stereocenters. The maximum Gasteiger partial charge on any atom is 0.126 e. The molecule has 0 amide bonds. The number of thiophene rings is 1. The van der Waals surface area contributed by atoms with Gasteiger partial charge in [-0.1, -0.05) is 12.1 Å². The zero-order valence-electron chi connectivity index (χ0n) is 10.3. The Morgan fingerprint density at radius 1 is 1.24 bits per heavy atom. The lowest BCUT2D eigenvalue weighted by molar-refractivity contribution is 0.608. The monoisotopic (exact) mass is 249 g/mol. The van der Waals surface area contributed by atoms with Crippen LogP contribution in [-0.4, -0.2) is 7.05 Å². The standard InChI is InChI=1S/C14H16FNS/c1-9-4-5-11(8-13(9)15)14(16-3)12-6-7-17-10(12)2/h4-8,14,16H,1-3H3. The highest BCUT2D eigenvalue weighted by Crippen LogP contribution is 2.28. The van der Waals surface area contributed by atoms with E-state index >= 15 is 0 Å². The Hall–Kier alpha value is -1.19. The van der Waals surface area contributed by atoms with Gasteiger partial charge in [-0.25, -0.2) is 4.39 Å². The van der Waals surface area contributed by atoms with Crippen LogP contribution in [0, 0.1) is 19.7 Å². The van der Waals surface area contributed by atoms with Crippen LogP contribution in [0.25, 0.3) is 0 Å². The third-order valence-corrected chi connectivity index (χ3v) is 3.89. The zero-order valence-corrected chi connectivity index (χ0v) is 11.1. The van der Waals surface area contributed by atoms with E-state index < -0.39 is 0 Å². The predicted molar refractivity (Wildman–Crippen MR) is 71.1 cm³/mol. The lowest BCUT2D eigenvalue weighted by Gasteiger charge is -2.17. The highest BCUT2D eigenvalue weighted by atomic mass is 32.1. The van der Waals surface area contributed by atoms with Gasteiger partial charge in [0.05, 0.1) is 6.04 Å². The largest absolute Gasteiger partial charge is 0.309 e. The third kappa shape index (κ3) is 2.40. The number of halogens is 1. The molecule has 0 bridgehead atoms. The van der Waals surface area contributed by atoms with Crippen molar-refractivity contribution in [2.45, 2.75) is 19.9 Å². The molecule has 0 fully saturated rings. The van der Waals surface area contributed by atoms with E-state index in [0.29, 0.717) is 5.56 Å². The first-order chi connectivity index (χ1) is 8.13. The molecule has 0 saturated heterocycles. The van der Waals surface area contributed by atoms with Gasteiger partial charge in [0.15, 0.2) is 0 Å². The van der Waals surface area contributed by atoms with Gasteiger partial charge in [-0.15, -0.1) is 11.3 Å². The van der Waals surface area contributed by atoms with Crippen molar-refractivity contribution in [2.75, 3.05) is 7.05 Å². The average Bonchev–Trinajstić information content (AvgIpc) is 2.71. The fraction of sp³-hybridized carbons (Fsp3) is 0.286. The molecule has 1 heterocycles. The molecular formula is C14H16FNS. The topological polar surface area (TPSA) is 12.0 Å². The van der Waals surface area contributed by atoms with E-state index in [-0.39, 0.29) is 11.9 Å². The van der Waals surface area contributed by atoms with Gasteiger partial charge in [-0.3, -0.25) is 0 Å². The van der Waals surface area contributed by atoms with Crippen LogP contribution in [0.3, 0.4) is 0 Å². The van der Waals surface area contributed by atoms with Crippen molar-refractivity contribution in [2.24, 2.45) is 0 Å². The Morgan fingerprint density at radius 2 is 2.00 bits per heavy atom.